The zero-order valence-corrected chi connectivity index (χ0v) is 18.9. The summed E-state index contributed by atoms with van der Waals surface area (Å²) in [5, 5.41) is 16.3. The van der Waals surface area contributed by atoms with Crippen molar-refractivity contribution in [3.63, 3.8) is 0 Å². The summed E-state index contributed by atoms with van der Waals surface area (Å²) < 4.78 is 3.21. The number of aliphatic hydroxyl groups is 1. The quantitative estimate of drug-likeness (QED) is 0.411. The van der Waals surface area contributed by atoms with Crippen molar-refractivity contribution in [1.29, 1.82) is 0 Å². The fourth-order valence-electron chi connectivity index (χ4n) is 4.48. The summed E-state index contributed by atoms with van der Waals surface area (Å²) in [5.41, 5.74) is 7.52. The molecule has 0 amide bonds. The minimum Gasteiger partial charge on any atom is -0.389 e. The summed E-state index contributed by atoms with van der Waals surface area (Å²) in [6.45, 7) is 12.6. The van der Waals surface area contributed by atoms with E-state index in [4.69, 9.17) is 10.1 Å². The molecule has 0 saturated heterocycles. The third-order valence-electron chi connectivity index (χ3n) is 5.94. The van der Waals surface area contributed by atoms with Gasteiger partial charge in [-0.2, -0.15) is 5.10 Å². The average molecular weight is 408 g/mol. The number of fused-ring (bicyclic) bond motifs is 2. The van der Waals surface area contributed by atoms with Gasteiger partial charge in [0.2, 0.25) is 0 Å². The molecule has 1 atom stereocenters. The van der Waals surface area contributed by atoms with Crippen LogP contribution in [0.25, 0.3) is 27.0 Å². The Morgan fingerprint density at radius 3 is 2.48 bits per heavy atom. The Kier molecular flexibility index (Phi) is 5.21. The Bertz CT molecular complexity index is 1200. The molecule has 0 saturated carbocycles. The molecule has 0 aliphatic heterocycles. The first-order chi connectivity index (χ1) is 13.9. The largest absolute Gasteiger partial charge is 0.389 e. The molecule has 0 spiro atoms. The third-order valence-corrected chi connectivity index (χ3v) is 7.11. The molecule has 0 radical (unpaired) electrons. The average Bonchev–Trinajstić information content (AvgIpc) is 3.17. The van der Waals surface area contributed by atoms with Crippen LogP contribution in [0.15, 0.2) is 24.3 Å². The van der Waals surface area contributed by atoms with Gasteiger partial charge in [-0.3, -0.25) is 0 Å². The number of hydrogen-bond donors (Lipinski definition) is 1. The van der Waals surface area contributed by atoms with E-state index in [1.165, 1.54) is 21.4 Å². The van der Waals surface area contributed by atoms with Gasteiger partial charge in [-0.15, -0.1) is 11.3 Å². The highest BCUT2D eigenvalue weighted by atomic mass is 32.1. The van der Waals surface area contributed by atoms with Crippen molar-refractivity contribution in [3.05, 3.63) is 51.7 Å². The molecule has 5 heteroatoms. The Labute approximate surface area is 176 Å². The molecule has 3 heterocycles. The van der Waals surface area contributed by atoms with E-state index in [0.717, 1.165) is 45.8 Å². The van der Waals surface area contributed by atoms with Crippen LogP contribution in [-0.4, -0.2) is 19.7 Å². The van der Waals surface area contributed by atoms with Gasteiger partial charge < -0.3 is 5.11 Å². The zero-order chi connectivity index (χ0) is 20.9. The molecule has 29 heavy (non-hydrogen) atoms. The smallest absolute Gasteiger partial charge is 0.157 e. The van der Waals surface area contributed by atoms with Crippen molar-refractivity contribution in [1.82, 2.24) is 14.6 Å². The molecule has 4 rings (SSSR count). The van der Waals surface area contributed by atoms with E-state index in [2.05, 4.69) is 51.3 Å². The van der Waals surface area contributed by atoms with E-state index in [-0.39, 0.29) is 0 Å². The Balaban J connectivity index is 2.07. The van der Waals surface area contributed by atoms with Gasteiger partial charge in [0.15, 0.2) is 5.65 Å². The number of imidazole rings is 1. The van der Waals surface area contributed by atoms with Gasteiger partial charge in [-0.1, -0.05) is 32.0 Å². The van der Waals surface area contributed by atoms with Crippen molar-refractivity contribution in [2.45, 2.75) is 66.4 Å². The van der Waals surface area contributed by atoms with Crippen LogP contribution in [0.1, 0.15) is 73.0 Å². The van der Waals surface area contributed by atoms with Crippen LogP contribution in [0, 0.1) is 20.8 Å². The van der Waals surface area contributed by atoms with Crippen molar-refractivity contribution in [3.8, 4) is 11.3 Å². The summed E-state index contributed by atoms with van der Waals surface area (Å²) in [4.78, 5) is 6.22. The van der Waals surface area contributed by atoms with Gasteiger partial charge in [0.25, 0.3) is 0 Å². The minimum atomic E-state index is -0.491. The van der Waals surface area contributed by atoms with E-state index in [0.29, 0.717) is 5.92 Å². The zero-order valence-electron chi connectivity index (χ0n) is 18.1. The lowest BCUT2D eigenvalue weighted by Gasteiger charge is -2.15. The van der Waals surface area contributed by atoms with Crippen molar-refractivity contribution in [2.24, 2.45) is 0 Å². The van der Waals surface area contributed by atoms with E-state index in [1.54, 1.807) is 11.3 Å². The van der Waals surface area contributed by atoms with Gasteiger partial charge in [-0.25, -0.2) is 9.50 Å². The van der Waals surface area contributed by atoms with Crippen LogP contribution in [0.5, 0.6) is 0 Å². The number of thiophene rings is 1. The normalized spacial score (nSPS) is 13.1. The van der Waals surface area contributed by atoms with E-state index in [9.17, 15) is 5.11 Å². The monoisotopic (exact) mass is 407 g/mol. The maximum Gasteiger partial charge on any atom is 0.157 e. The second kappa shape index (κ2) is 7.54. The topological polar surface area (TPSA) is 50.4 Å². The highest BCUT2D eigenvalue weighted by Crippen LogP contribution is 2.43. The van der Waals surface area contributed by atoms with Crippen LogP contribution in [0.4, 0.5) is 0 Å². The number of hydrogen-bond acceptors (Lipinski definition) is 4. The molecule has 1 aromatic carbocycles. The standard InChI is InChI=1S/C24H29N3OS/c1-7-17(8-2)20-12-13(3)26-27-22(14(4)25-24(20)27)21-16(6)29-23-18(15(5)28)10-9-11-19(21)23/h9-12,15,17,28H,7-8H2,1-6H3/t15-/m1/s1. The van der Waals surface area contributed by atoms with E-state index < -0.39 is 6.10 Å². The highest BCUT2D eigenvalue weighted by molar-refractivity contribution is 7.19. The third kappa shape index (κ3) is 3.17. The second-order valence-corrected chi connectivity index (χ2v) is 9.19. The van der Waals surface area contributed by atoms with Crippen LogP contribution < -0.4 is 0 Å². The molecule has 0 unspecified atom stereocenters. The van der Waals surface area contributed by atoms with E-state index >= 15 is 0 Å². The molecule has 0 bridgehead atoms. The molecular weight excluding hydrogens is 378 g/mol. The second-order valence-electron chi connectivity index (χ2n) is 7.97. The fraction of sp³-hybridized carbons (Fsp3) is 0.417. The first-order valence-corrected chi connectivity index (χ1v) is 11.3. The van der Waals surface area contributed by atoms with Gasteiger partial charge in [0.05, 0.1) is 23.2 Å². The lowest BCUT2D eigenvalue weighted by molar-refractivity contribution is 0.201. The number of rotatable bonds is 5. The SMILES string of the molecule is CCC(CC)c1cc(C)nn2c(-c3c(C)sc4c([C@@H](C)O)cccc34)c(C)nc12. The molecule has 0 fully saturated rings. The first kappa shape index (κ1) is 20.0. The molecule has 4 aromatic rings. The maximum absolute atomic E-state index is 10.2. The number of benzene rings is 1. The molecule has 0 aliphatic rings. The van der Waals surface area contributed by atoms with Crippen LogP contribution in [0.2, 0.25) is 0 Å². The van der Waals surface area contributed by atoms with Crippen molar-refractivity contribution < 1.29 is 5.11 Å². The van der Waals surface area contributed by atoms with Gasteiger partial charge in [0.1, 0.15) is 0 Å². The highest BCUT2D eigenvalue weighted by Gasteiger charge is 2.23. The van der Waals surface area contributed by atoms with Crippen LogP contribution >= 0.6 is 11.3 Å². The summed E-state index contributed by atoms with van der Waals surface area (Å²) >= 11 is 1.74. The predicted molar refractivity (Wildman–Crippen MR) is 122 cm³/mol. The fourth-order valence-corrected chi connectivity index (χ4v) is 5.73. The van der Waals surface area contributed by atoms with Crippen molar-refractivity contribution in [2.75, 3.05) is 0 Å². The van der Waals surface area contributed by atoms with Gasteiger partial charge in [0, 0.05) is 26.1 Å². The Morgan fingerprint density at radius 1 is 1.10 bits per heavy atom. The lowest BCUT2D eigenvalue weighted by Crippen LogP contribution is -2.05. The number of aliphatic hydroxyl groups excluding tert-OH is 1. The first-order valence-electron chi connectivity index (χ1n) is 10.4. The molecule has 3 aromatic heterocycles. The molecular formula is C24H29N3OS. The molecule has 0 aliphatic carbocycles. The van der Waals surface area contributed by atoms with Gasteiger partial charge >= 0.3 is 0 Å². The molecule has 1 N–H and O–H groups in total. The minimum absolute atomic E-state index is 0.482. The Hall–Kier alpha value is -2.24. The molecule has 152 valence electrons. The number of aromatic nitrogens is 3. The number of aryl methyl sites for hydroxylation is 3. The Morgan fingerprint density at radius 2 is 1.83 bits per heavy atom. The predicted octanol–water partition coefficient (Wildman–Crippen LogP) is 6.49. The summed E-state index contributed by atoms with van der Waals surface area (Å²) in [6, 6.07) is 8.40. The summed E-state index contributed by atoms with van der Waals surface area (Å²) in [7, 11) is 0. The van der Waals surface area contributed by atoms with Gasteiger partial charge in [-0.05, 0) is 58.1 Å². The van der Waals surface area contributed by atoms with Crippen molar-refractivity contribution >= 4 is 27.1 Å². The van der Waals surface area contributed by atoms with Crippen LogP contribution in [-0.2, 0) is 0 Å². The molecule has 4 nitrogen and oxygen atoms in total. The lowest BCUT2D eigenvalue weighted by atomic mass is 9.95. The maximum atomic E-state index is 10.2. The van der Waals surface area contributed by atoms with Crippen LogP contribution in [0.3, 0.4) is 0 Å². The summed E-state index contributed by atoms with van der Waals surface area (Å²) in [6.07, 6.45) is 1.69. The van der Waals surface area contributed by atoms with E-state index in [1.807, 2.05) is 19.1 Å². The summed E-state index contributed by atoms with van der Waals surface area (Å²) in [5.74, 6) is 0.482. The number of nitrogens with zero attached hydrogens (tertiary/aromatic N) is 3.